The minimum absolute atomic E-state index is 0.0554. The molecule has 1 aromatic carbocycles. The Bertz CT molecular complexity index is 493. The van der Waals surface area contributed by atoms with E-state index in [4.69, 9.17) is 5.73 Å². The predicted octanol–water partition coefficient (Wildman–Crippen LogP) is 2.97. The second-order valence-corrected chi connectivity index (χ2v) is 7.08. The van der Waals surface area contributed by atoms with Crippen LogP contribution in [0.25, 0.3) is 0 Å². The lowest BCUT2D eigenvalue weighted by molar-refractivity contribution is -0.116. The van der Waals surface area contributed by atoms with E-state index >= 15 is 0 Å². The highest BCUT2D eigenvalue weighted by Gasteiger charge is 2.31. The summed E-state index contributed by atoms with van der Waals surface area (Å²) >= 11 is 0. The Morgan fingerprint density at radius 3 is 2.81 bits per heavy atom. The van der Waals surface area contributed by atoms with E-state index in [2.05, 4.69) is 31.0 Å². The molecule has 1 aliphatic rings. The molecule has 0 bridgehead atoms. The van der Waals surface area contributed by atoms with Crippen molar-refractivity contribution in [1.29, 1.82) is 0 Å². The van der Waals surface area contributed by atoms with Gasteiger partial charge < -0.3 is 16.0 Å². The van der Waals surface area contributed by atoms with Crippen LogP contribution in [0.5, 0.6) is 0 Å². The Morgan fingerprint density at radius 1 is 1.43 bits per heavy atom. The molecule has 1 aromatic rings. The molecule has 0 saturated carbocycles. The van der Waals surface area contributed by atoms with E-state index in [1.165, 1.54) is 6.42 Å². The van der Waals surface area contributed by atoms with E-state index in [1.807, 2.05) is 18.2 Å². The number of likely N-dealkylation sites (tertiary alicyclic amines) is 1. The van der Waals surface area contributed by atoms with Gasteiger partial charge in [0.2, 0.25) is 5.91 Å². The molecule has 21 heavy (non-hydrogen) atoms. The maximum absolute atomic E-state index is 12.0. The van der Waals surface area contributed by atoms with Crippen molar-refractivity contribution in [2.45, 2.75) is 33.6 Å². The zero-order valence-electron chi connectivity index (χ0n) is 13.4. The Kier molecular flexibility index (Phi) is 4.88. The molecule has 1 saturated heterocycles. The highest BCUT2D eigenvalue weighted by molar-refractivity contribution is 5.91. The SMILES string of the molecule is CC(C)(C)C1CCN(CCC(=O)Nc2cccc(N)c2)C1. The fraction of sp³-hybridized carbons (Fsp3) is 0.588. The molecule has 0 radical (unpaired) electrons. The Labute approximate surface area is 127 Å². The van der Waals surface area contributed by atoms with Crippen molar-refractivity contribution >= 4 is 17.3 Å². The second-order valence-electron chi connectivity index (χ2n) is 7.08. The lowest BCUT2D eigenvalue weighted by Gasteiger charge is -2.27. The van der Waals surface area contributed by atoms with Crippen LogP contribution in [0, 0.1) is 11.3 Å². The Morgan fingerprint density at radius 2 is 2.19 bits per heavy atom. The van der Waals surface area contributed by atoms with Gasteiger partial charge in [0, 0.05) is 30.9 Å². The number of nitrogens with zero attached hydrogens (tertiary/aromatic N) is 1. The molecule has 116 valence electrons. The highest BCUT2D eigenvalue weighted by Crippen LogP contribution is 2.33. The number of carbonyl (C=O) groups is 1. The van der Waals surface area contributed by atoms with Crippen LogP contribution in [0.2, 0.25) is 0 Å². The molecule has 0 aliphatic carbocycles. The zero-order chi connectivity index (χ0) is 15.5. The number of anilines is 2. The van der Waals surface area contributed by atoms with Gasteiger partial charge in [0.05, 0.1) is 0 Å². The van der Waals surface area contributed by atoms with Crippen LogP contribution in [-0.2, 0) is 4.79 Å². The van der Waals surface area contributed by atoms with Crippen LogP contribution in [-0.4, -0.2) is 30.4 Å². The molecule has 4 nitrogen and oxygen atoms in total. The van der Waals surface area contributed by atoms with Gasteiger partial charge in [-0.25, -0.2) is 0 Å². The van der Waals surface area contributed by atoms with E-state index < -0.39 is 0 Å². The van der Waals surface area contributed by atoms with Gasteiger partial charge in [-0.15, -0.1) is 0 Å². The largest absolute Gasteiger partial charge is 0.399 e. The van der Waals surface area contributed by atoms with Crippen molar-refractivity contribution < 1.29 is 4.79 Å². The lowest BCUT2D eigenvalue weighted by Crippen LogP contribution is -2.28. The summed E-state index contributed by atoms with van der Waals surface area (Å²) in [6, 6.07) is 7.30. The van der Waals surface area contributed by atoms with Gasteiger partial charge >= 0.3 is 0 Å². The number of benzene rings is 1. The lowest BCUT2D eigenvalue weighted by atomic mass is 9.80. The Balaban J connectivity index is 1.75. The number of nitrogen functional groups attached to an aromatic ring is 1. The molecule has 1 fully saturated rings. The first-order chi connectivity index (χ1) is 9.84. The van der Waals surface area contributed by atoms with E-state index in [-0.39, 0.29) is 5.91 Å². The van der Waals surface area contributed by atoms with Crippen LogP contribution in [0.4, 0.5) is 11.4 Å². The summed E-state index contributed by atoms with van der Waals surface area (Å²) in [5, 5.41) is 2.90. The third-order valence-electron chi connectivity index (χ3n) is 4.32. The van der Waals surface area contributed by atoms with Crippen molar-refractivity contribution in [3.63, 3.8) is 0 Å². The maximum Gasteiger partial charge on any atom is 0.225 e. The molecule has 1 aliphatic heterocycles. The number of rotatable bonds is 4. The summed E-state index contributed by atoms with van der Waals surface area (Å²) in [6.07, 6.45) is 1.77. The summed E-state index contributed by atoms with van der Waals surface area (Å²) in [7, 11) is 0. The van der Waals surface area contributed by atoms with E-state index in [9.17, 15) is 4.79 Å². The zero-order valence-corrected chi connectivity index (χ0v) is 13.4. The molecule has 1 amide bonds. The molecular formula is C17H27N3O. The molecule has 1 unspecified atom stereocenters. The number of hydrogen-bond donors (Lipinski definition) is 2. The molecule has 1 atom stereocenters. The van der Waals surface area contributed by atoms with Crippen molar-refractivity contribution in [2.24, 2.45) is 11.3 Å². The smallest absolute Gasteiger partial charge is 0.225 e. The minimum atomic E-state index is 0.0554. The third-order valence-corrected chi connectivity index (χ3v) is 4.32. The fourth-order valence-corrected chi connectivity index (χ4v) is 2.84. The predicted molar refractivity (Wildman–Crippen MR) is 88.1 cm³/mol. The molecule has 0 aromatic heterocycles. The topological polar surface area (TPSA) is 58.4 Å². The minimum Gasteiger partial charge on any atom is -0.399 e. The first-order valence-corrected chi connectivity index (χ1v) is 7.72. The number of carbonyl (C=O) groups excluding carboxylic acids is 1. The average Bonchev–Trinajstić information content (AvgIpc) is 2.85. The van der Waals surface area contributed by atoms with Gasteiger partial charge in [-0.3, -0.25) is 4.79 Å². The average molecular weight is 289 g/mol. The summed E-state index contributed by atoms with van der Waals surface area (Å²) in [6.45, 7) is 9.94. The second kappa shape index (κ2) is 6.48. The van der Waals surface area contributed by atoms with Gasteiger partial charge in [-0.05, 0) is 42.5 Å². The van der Waals surface area contributed by atoms with Crippen LogP contribution in [0.3, 0.4) is 0 Å². The van der Waals surface area contributed by atoms with Gasteiger partial charge in [0.15, 0.2) is 0 Å². The number of nitrogens with two attached hydrogens (primary N) is 1. The molecule has 4 heteroatoms. The summed E-state index contributed by atoms with van der Waals surface area (Å²) < 4.78 is 0. The number of nitrogens with one attached hydrogen (secondary N) is 1. The number of hydrogen-bond acceptors (Lipinski definition) is 3. The highest BCUT2D eigenvalue weighted by atomic mass is 16.1. The first-order valence-electron chi connectivity index (χ1n) is 7.72. The van der Waals surface area contributed by atoms with Gasteiger partial charge in [-0.1, -0.05) is 26.8 Å². The number of amides is 1. The van der Waals surface area contributed by atoms with Crippen molar-refractivity contribution in [2.75, 3.05) is 30.7 Å². The quantitative estimate of drug-likeness (QED) is 0.838. The van der Waals surface area contributed by atoms with E-state index in [1.54, 1.807) is 6.07 Å². The van der Waals surface area contributed by atoms with Crippen molar-refractivity contribution in [1.82, 2.24) is 4.90 Å². The van der Waals surface area contributed by atoms with E-state index in [0.717, 1.165) is 31.2 Å². The maximum atomic E-state index is 12.0. The van der Waals surface area contributed by atoms with Gasteiger partial charge in [0.1, 0.15) is 0 Å². The van der Waals surface area contributed by atoms with Crippen molar-refractivity contribution in [3.8, 4) is 0 Å². The monoisotopic (exact) mass is 289 g/mol. The molecule has 2 rings (SSSR count). The van der Waals surface area contributed by atoms with Crippen LogP contribution < -0.4 is 11.1 Å². The van der Waals surface area contributed by atoms with Gasteiger partial charge in [-0.2, -0.15) is 0 Å². The summed E-state index contributed by atoms with van der Waals surface area (Å²) in [5.41, 5.74) is 7.50. The van der Waals surface area contributed by atoms with Crippen LogP contribution >= 0.6 is 0 Å². The standard InChI is InChI=1S/C17H27N3O/c1-17(2,3)13-7-9-20(12-13)10-8-16(21)19-15-6-4-5-14(18)11-15/h4-6,11,13H,7-10,12,18H2,1-3H3,(H,19,21). The molecule has 0 spiro atoms. The summed E-state index contributed by atoms with van der Waals surface area (Å²) in [5.74, 6) is 0.786. The Hall–Kier alpha value is -1.55. The first kappa shape index (κ1) is 15.8. The third kappa shape index (κ3) is 4.74. The fourth-order valence-electron chi connectivity index (χ4n) is 2.84. The molecular weight excluding hydrogens is 262 g/mol. The molecule has 1 heterocycles. The summed E-state index contributed by atoms with van der Waals surface area (Å²) in [4.78, 5) is 14.4. The normalized spacial score (nSPS) is 19.7. The van der Waals surface area contributed by atoms with Crippen LogP contribution in [0.15, 0.2) is 24.3 Å². The van der Waals surface area contributed by atoms with Gasteiger partial charge in [0.25, 0.3) is 0 Å². The molecule has 3 N–H and O–H groups in total. The van der Waals surface area contributed by atoms with Crippen LogP contribution in [0.1, 0.15) is 33.6 Å². The van der Waals surface area contributed by atoms with Crippen molar-refractivity contribution in [3.05, 3.63) is 24.3 Å². The van der Waals surface area contributed by atoms with E-state index in [0.29, 0.717) is 17.5 Å².